The predicted molar refractivity (Wildman–Crippen MR) is 69.7 cm³/mol. The first kappa shape index (κ1) is 11.1. The summed E-state index contributed by atoms with van der Waals surface area (Å²) in [4.78, 5) is 0. The van der Waals surface area contributed by atoms with Crippen molar-refractivity contribution in [2.75, 3.05) is 0 Å². The Morgan fingerprint density at radius 1 is 1.25 bits per heavy atom. The van der Waals surface area contributed by atoms with Gasteiger partial charge in [-0.25, -0.2) is 4.68 Å². The molecular weight excluding hydrogens is 216 g/mol. The van der Waals surface area contributed by atoms with E-state index in [2.05, 4.69) is 43.2 Å². The Balaban J connectivity index is 2.40. The van der Waals surface area contributed by atoms with Crippen LogP contribution in [0, 0.1) is 11.6 Å². The van der Waals surface area contributed by atoms with Gasteiger partial charge in [-0.3, -0.25) is 5.10 Å². The van der Waals surface area contributed by atoms with Crippen molar-refractivity contribution >= 4 is 12.2 Å². The van der Waals surface area contributed by atoms with E-state index >= 15 is 0 Å². The Labute approximate surface area is 101 Å². The fraction of sp³-hybridized carbons (Fsp3) is 0.308. The Morgan fingerprint density at radius 2 is 1.94 bits per heavy atom. The van der Waals surface area contributed by atoms with Crippen LogP contribution in [0.5, 0.6) is 0 Å². The van der Waals surface area contributed by atoms with E-state index in [1.54, 1.807) is 0 Å². The fourth-order valence-corrected chi connectivity index (χ4v) is 2.02. The van der Waals surface area contributed by atoms with E-state index in [1.165, 1.54) is 11.3 Å². The second-order valence-electron chi connectivity index (χ2n) is 4.04. The van der Waals surface area contributed by atoms with Crippen LogP contribution < -0.4 is 0 Å². The molecule has 0 saturated carbocycles. The third-order valence-corrected chi connectivity index (χ3v) is 2.89. The summed E-state index contributed by atoms with van der Waals surface area (Å²) in [6.45, 7) is 4.25. The van der Waals surface area contributed by atoms with Gasteiger partial charge in [-0.15, -0.1) is 0 Å². The van der Waals surface area contributed by atoms with E-state index in [1.807, 2.05) is 10.7 Å². The second-order valence-corrected chi connectivity index (χ2v) is 4.46. The zero-order valence-corrected chi connectivity index (χ0v) is 10.5. The van der Waals surface area contributed by atoms with Gasteiger partial charge in [0.1, 0.15) is 4.64 Å². The maximum atomic E-state index is 5.33. The maximum Gasteiger partial charge on any atom is 0.127 e. The van der Waals surface area contributed by atoms with Crippen LogP contribution in [-0.4, -0.2) is 9.78 Å². The summed E-state index contributed by atoms with van der Waals surface area (Å²) in [6.07, 6.45) is 2.17. The molecule has 1 heterocycles. The summed E-state index contributed by atoms with van der Waals surface area (Å²) < 4.78 is 2.80. The van der Waals surface area contributed by atoms with Crippen molar-refractivity contribution in [2.24, 2.45) is 0 Å². The van der Waals surface area contributed by atoms with Gasteiger partial charge in [0.15, 0.2) is 0 Å². The van der Waals surface area contributed by atoms with Crippen molar-refractivity contribution in [1.82, 2.24) is 9.78 Å². The average molecular weight is 232 g/mol. The summed E-state index contributed by atoms with van der Waals surface area (Å²) in [6, 6.07) is 10.4. The minimum absolute atomic E-state index is 0.840. The van der Waals surface area contributed by atoms with Crippen LogP contribution in [-0.2, 0) is 6.42 Å². The molecule has 0 aliphatic heterocycles. The summed E-state index contributed by atoms with van der Waals surface area (Å²) in [5.74, 6) is 0. The lowest BCUT2D eigenvalue weighted by molar-refractivity contribution is 0.802. The van der Waals surface area contributed by atoms with Gasteiger partial charge in [-0.1, -0.05) is 43.3 Å². The predicted octanol–water partition coefficient (Wildman–Crippen LogP) is 3.80. The Kier molecular flexibility index (Phi) is 3.25. The Bertz CT molecular complexity index is 520. The molecule has 0 aliphatic rings. The van der Waals surface area contributed by atoms with Crippen molar-refractivity contribution in [3.8, 4) is 5.69 Å². The normalized spacial score (nSPS) is 10.6. The first-order valence-corrected chi connectivity index (χ1v) is 5.99. The number of H-pyrrole nitrogens is 1. The van der Waals surface area contributed by atoms with E-state index in [0.29, 0.717) is 0 Å². The lowest BCUT2D eigenvalue weighted by Crippen LogP contribution is -1.97. The van der Waals surface area contributed by atoms with E-state index < -0.39 is 0 Å². The van der Waals surface area contributed by atoms with Gasteiger partial charge in [-0.05, 0) is 31.5 Å². The van der Waals surface area contributed by atoms with E-state index in [0.717, 1.165) is 23.2 Å². The highest BCUT2D eigenvalue weighted by Crippen LogP contribution is 2.11. The molecule has 0 amide bonds. The van der Waals surface area contributed by atoms with Gasteiger partial charge in [0.2, 0.25) is 0 Å². The summed E-state index contributed by atoms with van der Waals surface area (Å²) in [7, 11) is 0. The Hall–Kier alpha value is -1.35. The number of nitrogens with one attached hydrogen (secondary N) is 1. The van der Waals surface area contributed by atoms with Crippen LogP contribution in [0.15, 0.2) is 30.3 Å². The molecule has 0 spiro atoms. The standard InChI is InChI=1S/C13H16N2S/c1-3-4-11-9-13(16)15(14-11)12-7-5-10(2)6-8-12/h5-9,14H,3-4H2,1-2H3. The van der Waals surface area contributed by atoms with E-state index in [9.17, 15) is 0 Å². The molecule has 1 aromatic carbocycles. The monoisotopic (exact) mass is 232 g/mol. The molecule has 2 nitrogen and oxygen atoms in total. The van der Waals surface area contributed by atoms with Crippen LogP contribution >= 0.6 is 12.2 Å². The van der Waals surface area contributed by atoms with Crippen molar-refractivity contribution in [1.29, 1.82) is 0 Å². The molecular formula is C13H16N2S. The number of benzene rings is 1. The SMILES string of the molecule is CCCc1cc(=S)n(-c2ccc(C)cc2)[nH]1. The number of rotatable bonds is 3. The summed E-state index contributed by atoms with van der Waals surface area (Å²) in [5.41, 5.74) is 3.56. The van der Waals surface area contributed by atoms with Crippen molar-refractivity contribution in [3.63, 3.8) is 0 Å². The number of aromatic amines is 1. The van der Waals surface area contributed by atoms with Gasteiger partial charge in [0.25, 0.3) is 0 Å². The van der Waals surface area contributed by atoms with Crippen LogP contribution in [0.25, 0.3) is 5.69 Å². The number of aromatic nitrogens is 2. The van der Waals surface area contributed by atoms with E-state index in [4.69, 9.17) is 12.2 Å². The molecule has 0 atom stereocenters. The molecule has 0 saturated heterocycles. The molecule has 16 heavy (non-hydrogen) atoms. The molecule has 1 N–H and O–H groups in total. The van der Waals surface area contributed by atoms with Gasteiger partial charge in [0, 0.05) is 5.69 Å². The topological polar surface area (TPSA) is 20.7 Å². The van der Waals surface area contributed by atoms with Crippen LogP contribution in [0.2, 0.25) is 0 Å². The third-order valence-electron chi connectivity index (χ3n) is 2.59. The van der Waals surface area contributed by atoms with Gasteiger partial charge < -0.3 is 0 Å². The van der Waals surface area contributed by atoms with Crippen molar-refractivity contribution in [3.05, 3.63) is 46.2 Å². The summed E-state index contributed by atoms with van der Waals surface area (Å²) >= 11 is 5.33. The zero-order chi connectivity index (χ0) is 11.5. The minimum atomic E-state index is 0.840. The van der Waals surface area contributed by atoms with Gasteiger partial charge >= 0.3 is 0 Å². The molecule has 0 aliphatic carbocycles. The Morgan fingerprint density at radius 3 is 2.56 bits per heavy atom. The second kappa shape index (κ2) is 4.66. The molecule has 1 aromatic heterocycles. The first-order valence-electron chi connectivity index (χ1n) is 5.58. The van der Waals surface area contributed by atoms with Crippen molar-refractivity contribution < 1.29 is 0 Å². The minimum Gasteiger partial charge on any atom is -0.297 e. The zero-order valence-electron chi connectivity index (χ0n) is 9.66. The van der Waals surface area contributed by atoms with Crippen LogP contribution in [0.3, 0.4) is 0 Å². The van der Waals surface area contributed by atoms with Crippen LogP contribution in [0.1, 0.15) is 24.6 Å². The molecule has 0 bridgehead atoms. The number of hydrogen-bond donors (Lipinski definition) is 1. The first-order chi connectivity index (χ1) is 7.70. The molecule has 2 aromatic rings. The lowest BCUT2D eigenvalue weighted by atomic mass is 10.2. The number of nitrogens with zero attached hydrogens (tertiary/aromatic N) is 1. The average Bonchev–Trinajstić information content (AvgIpc) is 2.61. The van der Waals surface area contributed by atoms with Gasteiger partial charge in [0.05, 0.1) is 5.69 Å². The largest absolute Gasteiger partial charge is 0.297 e. The van der Waals surface area contributed by atoms with Crippen molar-refractivity contribution in [2.45, 2.75) is 26.7 Å². The molecule has 0 unspecified atom stereocenters. The van der Waals surface area contributed by atoms with Crippen LogP contribution in [0.4, 0.5) is 0 Å². The number of aryl methyl sites for hydroxylation is 2. The highest BCUT2D eigenvalue weighted by atomic mass is 32.1. The van der Waals surface area contributed by atoms with E-state index in [-0.39, 0.29) is 0 Å². The molecule has 3 heteroatoms. The highest BCUT2D eigenvalue weighted by Gasteiger charge is 2.01. The lowest BCUT2D eigenvalue weighted by Gasteiger charge is -2.03. The molecule has 0 radical (unpaired) electrons. The quantitative estimate of drug-likeness (QED) is 0.798. The highest BCUT2D eigenvalue weighted by molar-refractivity contribution is 7.71. The fourth-order valence-electron chi connectivity index (χ4n) is 1.73. The maximum absolute atomic E-state index is 5.33. The number of hydrogen-bond acceptors (Lipinski definition) is 1. The summed E-state index contributed by atoms with van der Waals surface area (Å²) in [5, 5.41) is 3.33. The molecule has 84 valence electrons. The third kappa shape index (κ3) is 2.25. The van der Waals surface area contributed by atoms with Gasteiger partial charge in [-0.2, -0.15) is 0 Å². The molecule has 0 fully saturated rings. The smallest absolute Gasteiger partial charge is 0.127 e. The molecule has 2 rings (SSSR count).